The maximum atomic E-state index is 12.1. The van der Waals surface area contributed by atoms with Crippen molar-refractivity contribution in [3.05, 3.63) is 96.3 Å². The molecule has 2 aromatic carbocycles. The van der Waals surface area contributed by atoms with E-state index < -0.39 is 0 Å². The van der Waals surface area contributed by atoms with Crippen LogP contribution in [0.2, 0.25) is 0 Å². The molecule has 3 aromatic rings. The van der Waals surface area contributed by atoms with Crippen molar-refractivity contribution in [2.45, 2.75) is 32.2 Å². The number of carbonyl (C=O) groups excluding carboxylic acids is 2. The lowest BCUT2D eigenvalue weighted by Crippen LogP contribution is -3.00. The third-order valence-electron chi connectivity index (χ3n) is 5.46. The number of benzene rings is 2. The summed E-state index contributed by atoms with van der Waals surface area (Å²) in [4.78, 5) is 24.3. The molecular formula is C30H32BrNO5. The molecule has 6 nitrogen and oxygen atoms in total. The van der Waals surface area contributed by atoms with Crippen LogP contribution in [0.5, 0.6) is 17.2 Å². The topological polar surface area (TPSA) is 76.7 Å². The van der Waals surface area contributed by atoms with E-state index >= 15 is 0 Å². The normalized spacial score (nSPS) is 10.8. The SMILES string of the molecule is COc1cc(/C=C/C(=O)CC(=O)/C=C/c2ccc(OCCCCC[n+]3ccccc3)cc2)ccc1O.[Br-]. The van der Waals surface area contributed by atoms with E-state index in [2.05, 4.69) is 17.0 Å². The third-order valence-corrected chi connectivity index (χ3v) is 5.46. The van der Waals surface area contributed by atoms with Crippen LogP contribution in [0.15, 0.2) is 85.2 Å². The average molecular weight is 566 g/mol. The average Bonchev–Trinajstić information content (AvgIpc) is 2.90. The van der Waals surface area contributed by atoms with Crippen molar-refractivity contribution >= 4 is 23.7 Å². The molecule has 37 heavy (non-hydrogen) atoms. The summed E-state index contributed by atoms with van der Waals surface area (Å²) in [6, 6.07) is 18.4. The van der Waals surface area contributed by atoms with Crippen LogP contribution in [0, 0.1) is 0 Å². The summed E-state index contributed by atoms with van der Waals surface area (Å²) in [5.74, 6) is 0.555. The van der Waals surface area contributed by atoms with E-state index in [0.717, 1.165) is 37.1 Å². The number of hydrogen-bond acceptors (Lipinski definition) is 5. The number of unbranched alkanes of at least 4 members (excludes halogenated alkanes) is 2. The van der Waals surface area contributed by atoms with Gasteiger partial charge in [0.25, 0.3) is 0 Å². The van der Waals surface area contributed by atoms with Gasteiger partial charge in [-0.3, -0.25) is 9.59 Å². The number of carbonyl (C=O) groups is 2. The number of methoxy groups -OCH3 is 1. The summed E-state index contributed by atoms with van der Waals surface area (Å²) in [5.41, 5.74) is 1.55. The summed E-state index contributed by atoms with van der Waals surface area (Å²) in [5, 5.41) is 9.62. The van der Waals surface area contributed by atoms with Gasteiger partial charge in [0.05, 0.1) is 20.1 Å². The van der Waals surface area contributed by atoms with Gasteiger partial charge in [0, 0.05) is 18.6 Å². The second-order valence-corrected chi connectivity index (χ2v) is 8.30. The molecule has 0 radical (unpaired) electrons. The lowest BCUT2D eigenvalue weighted by Gasteiger charge is -2.06. The van der Waals surface area contributed by atoms with E-state index in [1.165, 1.54) is 25.3 Å². The zero-order valence-electron chi connectivity index (χ0n) is 20.9. The van der Waals surface area contributed by atoms with Gasteiger partial charge in [-0.1, -0.05) is 36.4 Å². The second kappa shape index (κ2) is 16.1. The number of ketones is 2. The lowest BCUT2D eigenvalue weighted by atomic mass is 10.1. The summed E-state index contributed by atoms with van der Waals surface area (Å²) in [6.45, 7) is 1.68. The predicted molar refractivity (Wildman–Crippen MR) is 140 cm³/mol. The van der Waals surface area contributed by atoms with Crippen molar-refractivity contribution in [2.24, 2.45) is 0 Å². The Kier molecular flexibility index (Phi) is 12.9. The number of aryl methyl sites for hydroxylation is 1. The third kappa shape index (κ3) is 10.8. The Morgan fingerprint density at radius 3 is 2.19 bits per heavy atom. The maximum absolute atomic E-state index is 12.1. The first kappa shape index (κ1) is 29.5. The largest absolute Gasteiger partial charge is 1.00 e. The van der Waals surface area contributed by atoms with Crippen LogP contribution in [0.4, 0.5) is 0 Å². The molecule has 0 aliphatic heterocycles. The van der Waals surface area contributed by atoms with Gasteiger partial charge in [0.2, 0.25) is 0 Å². The number of ether oxygens (including phenoxy) is 2. The minimum atomic E-state index is -0.303. The highest BCUT2D eigenvalue weighted by Crippen LogP contribution is 2.26. The first-order chi connectivity index (χ1) is 17.5. The van der Waals surface area contributed by atoms with Gasteiger partial charge in [-0.25, -0.2) is 4.57 Å². The minimum absolute atomic E-state index is 0. The van der Waals surface area contributed by atoms with Crippen molar-refractivity contribution in [3.63, 3.8) is 0 Å². The number of halogens is 1. The molecule has 0 atom stereocenters. The van der Waals surface area contributed by atoms with E-state index in [0.29, 0.717) is 17.9 Å². The molecule has 1 aromatic heterocycles. The highest BCUT2D eigenvalue weighted by atomic mass is 79.9. The molecule has 0 saturated carbocycles. The Hall–Kier alpha value is -3.71. The van der Waals surface area contributed by atoms with Crippen molar-refractivity contribution < 1.29 is 45.7 Å². The number of allylic oxidation sites excluding steroid dienone is 2. The van der Waals surface area contributed by atoms with Gasteiger partial charge in [-0.2, -0.15) is 0 Å². The van der Waals surface area contributed by atoms with E-state index in [1.54, 1.807) is 24.3 Å². The van der Waals surface area contributed by atoms with Gasteiger partial charge >= 0.3 is 0 Å². The van der Waals surface area contributed by atoms with Crippen LogP contribution in [0.3, 0.4) is 0 Å². The molecule has 0 aliphatic rings. The van der Waals surface area contributed by atoms with Crippen LogP contribution in [0.25, 0.3) is 12.2 Å². The molecule has 0 unspecified atom stereocenters. The van der Waals surface area contributed by atoms with E-state index in [-0.39, 0.29) is 40.7 Å². The van der Waals surface area contributed by atoms with Gasteiger partial charge < -0.3 is 31.6 Å². The van der Waals surface area contributed by atoms with Crippen LogP contribution in [-0.4, -0.2) is 30.4 Å². The number of nitrogens with zero attached hydrogens (tertiary/aromatic N) is 1. The number of phenolic OH excluding ortho intramolecular Hbond substituents is 1. The van der Waals surface area contributed by atoms with Crippen molar-refractivity contribution in [3.8, 4) is 17.2 Å². The van der Waals surface area contributed by atoms with E-state index in [1.807, 2.05) is 42.5 Å². The van der Waals surface area contributed by atoms with Crippen LogP contribution in [-0.2, 0) is 16.1 Å². The highest BCUT2D eigenvalue weighted by molar-refractivity contribution is 6.10. The molecule has 1 N–H and O–H groups in total. The van der Waals surface area contributed by atoms with Crippen LogP contribution in [0.1, 0.15) is 36.8 Å². The second-order valence-electron chi connectivity index (χ2n) is 8.30. The summed E-state index contributed by atoms with van der Waals surface area (Å²) in [6.07, 6.45) is 13.2. The standard InChI is InChI=1S/C30H31NO5.BrH/c1-35-30-22-25(12-17-29(30)34)9-14-27(33)23-26(32)13-8-24-10-15-28(16-11-24)36-21-7-3-6-20-31-18-4-2-5-19-31;/h2,4-5,8-19,22H,3,6-7,20-21,23H2,1H3;1H/b13-8+;. The number of pyridine rings is 1. The first-order valence-corrected chi connectivity index (χ1v) is 12.0. The van der Waals surface area contributed by atoms with Crippen molar-refractivity contribution in [1.29, 1.82) is 0 Å². The Balaban J connectivity index is 0.00000481. The molecule has 0 aliphatic carbocycles. The zero-order valence-corrected chi connectivity index (χ0v) is 22.5. The number of rotatable bonds is 14. The van der Waals surface area contributed by atoms with Gasteiger partial charge in [0.15, 0.2) is 35.5 Å². The molecule has 3 rings (SSSR count). The van der Waals surface area contributed by atoms with Crippen LogP contribution < -0.4 is 31.0 Å². The van der Waals surface area contributed by atoms with Gasteiger partial charge in [0.1, 0.15) is 12.3 Å². The molecule has 7 heteroatoms. The predicted octanol–water partition coefficient (Wildman–Crippen LogP) is 2.20. The smallest absolute Gasteiger partial charge is 0.168 e. The quantitative estimate of drug-likeness (QED) is 0.140. The fourth-order valence-corrected chi connectivity index (χ4v) is 3.49. The van der Waals surface area contributed by atoms with E-state index in [9.17, 15) is 14.7 Å². The summed E-state index contributed by atoms with van der Waals surface area (Å²) in [7, 11) is 1.45. The van der Waals surface area contributed by atoms with Gasteiger partial charge in [-0.05, 0) is 60.4 Å². The Labute approximate surface area is 228 Å². The fourth-order valence-electron chi connectivity index (χ4n) is 3.49. The molecular weight excluding hydrogens is 534 g/mol. The van der Waals surface area contributed by atoms with E-state index in [4.69, 9.17) is 9.47 Å². The van der Waals surface area contributed by atoms with Gasteiger partial charge in [-0.15, -0.1) is 0 Å². The van der Waals surface area contributed by atoms with Crippen molar-refractivity contribution in [2.75, 3.05) is 13.7 Å². The zero-order chi connectivity index (χ0) is 25.6. The molecule has 0 saturated heterocycles. The number of hydrogen-bond donors (Lipinski definition) is 1. The molecule has 1 heterocycles. The maximum Gasteiger partial charge on any atom is 0.168 e. The Morgan fingerprint density at radius 2 is 1.51 bits per heavy atom. The first-order valence-electron chi connectivity index (χ1n) is 12.0. The summed E-state index contributed by atoms with van der Waals surface area (Å²) < 4.78 is 13.0. The number of aromatic nitrogens is 1. The Morgan fingerprint density at radius 1 is 0.865 bits per heavy atom. The minimum Gasteiger partial charge on any atom is -1.00 e. The molecule has 0 spiro atoms. The number of phenols is 1. The van der Waals surface area contributed by atoms with Crippen molar-refractivity contribution in [1.82, 2.24) is 0 Å². The molecule has 0 bridgehead atoms. The molecule has 0 amide bonds. The number of aromatic hydroxyl groups is 1. The lowest BCUT2D eigenvalue weighted by molar-refractivity contribution is -0.697. The Bertz CT molecular complexity index is 1190. The fraction of sp³-hybridized carbons (Fsp3) is 0.233. The summed E-state index contributed by atoms with van der Waals surface area (Å²) >= 11 is 0. The van der Waals surface area contributed by atoms with Crippen LogP contribution >= 0.6 is 0 Å². The molecule has 194 valence electrons. The highest BCUT2D eigenvalue weighted by Gasteiger charge is 2.05. The monoisotopic (exact) mass is 565 g/mol. The molecule has 0 fully saturated rings.